The van der Waals surface area contributed by atoms with Gasteiger partial charge in [0.1, 0.15) is 6.04 Å². The molecule has 0 aromatic carbocycles. The van der Waals surface area contributed by atoms with E-state index in [2.05, 4.69) is 12.2 Å². The van der Waals surface area contributed by atoms with Crippen LogP contribution in [-0.4, -0.2) is 29.8 Å². The van der Waals surface area contributed by atoms with Crippen LogP contribution in [0, 0.1) is 5.92 Å². The zero-order chi connectivity index (χ0) is 17.5. The zero-order valence-electron chi connectivity index (χ0n) is 15.1. The van der Waals surface area contributed by atoms with Crippen molar-refractivity contribution in [3.63, 3.8) is 0 Å². The van der Waals surface area contributed by atoms with Crippen LogP contribution in [0.2, 0.25) is 0 Å². The molecule has 0 heterocycles. The second-order valence-corrected chi connectivity index (χ2v) is 6.52. The number of hydrogen-bond donors (Lipinski definition) is 2. The Balaban J connectivity index is 3.47. The van der Waals surface area contributed by atoms with E-state index in [0.717, 1.165) is 12.8 Å². The molecule has 136 valence electrons. The average Bonchev–Trinajstić information content (AvgIpc) is 2.49. The van der Waals surface area contributed by atoms with Gasteiger partial charge in [-0.1, -0.05) is 78.6 Å². The Morgan fingerprint density at radius 2 is 1.39 bits per heavy atom. The standard InChI is InChI=1S/C18H35NO4/c1-4-5-6-7-8-9-10-11-12-13-14-23-18(22)19-16(15(2)3)17(20)21/h15-16H,4-14H2,1-3H3,(H,19,22)(H,20,21). The van der Waals surface area contributed by atoms with E-state index < -0.39 is 18.1 Å². The van der Waals surface area contributed by atoms with E-state index in [1.54, 1.807) is 13.8 Å². The largest absolute Gasteiger partial charge is 0.480 e. The number of ether oxygens (including phenoxy) is 1. The number of amides is 1. The van der Waals surface area contributed by atoms with Gasteiger partial charge in [-0.25, -0.2) is 9.59 Å². The maximum Gasteiger partial charge on any atom is 0.407 e. The van der Waals surface area contributed by atoms with Crippen molar-refractivity contribution < 1.29 is 19.4 Å². The number of carboxylic acids is 1. The molecule has 0 radical (unpaired) electrons. The molecular formula is C18H35NO4. The van der Waals surface area contributed by atoms with Crippen LogP contribution in [0.5, 0.6) is 0 Å². The van der Waals surface area contributed by atoms with Crippen LogP contribution in [0.15, 0.2) is 0 Å². The van der Waals surface area contributed by atoms with Crippen molar-refractivity contribution in [2.45, 2.75) is 91.0 Å². The molecule has 5 nitrogen and oxygen atoms in total. The van der Waals surface area contributed by atoms with Crippen LogP contribution in [0.25, 0.3) is 0 Å². The molecule has 0 aliphatic carbocycles. The Hall–Kier alpha value is -1.26. The number of aliphatic carboxylic acids is 1. The molecule has 2 N–H and O–H groups in total. The van der Waals surface area contributed by atoms with Crippen molar-refractivity contribution in [3.8, 4) is 0 Å². The van der Waals surface area contributed by atoms with Gasteiger partial charge in [0.2, 0.25) is 0 Å². The molecular weight excluding hydrogens is 294 g/mol. The molecule has 0 spiro atoms. The van der Waals surface area contributed by atoms with E-state index in [4.69, 9.17) is 9.84 Å². The summed E-state index contributed by atoms with van der Waals surface area (Å²) in [5, 5.41) is 11.4. The molecule has 0 fully saturated rings. The first-order valence-corrected chi connectivity index (χ1v) is 9.15. The Bertz CT molecular complexity index is 318. The van der Waals surface area contributed by atoms with E-state index in [-0.39, 0.29) is 5.92 Å². The van der Waals surface area contributed by atoms with Crippen molar-refractivity contribution in [2.24, 2.45) is 5.92 Å². The highest BCUT2D eigenvalue weighted by Gasteiger charge is 2.23. The summed E-state index contributed by atoms with van der Waals surface area (Å²) in [4.78, 5) is 22.5. The smallest absolute Gasteiger partial charge is 0.407 e. The van der Waals surface area contributed by atoms with E-state index in [1.165, 1.54) is 51.4 Å². The van der Waals surface area contributed by atoms with Crippen LogP contribution < -0.4 is 5.32 Å². The normalized spacial score (nSPS) is 12.2. The van der Waals surface area contributed by atoms with Gasteiger partial charge in [0.15, 0.2) is 0 Å². The van der Waals surface area contributed by atoms with Crippen molar-refractivity contribution in [2.75, 3.05) is 6.61 Å². The van der Waals surface area contributed by atoms with Crippen molar-refractivity contribution in [3.05, 3.63) is 0 Å². The van der Waals surface area contributed by atoms with E-state index >= 15 is 0 Å². The summed E-state index contributed by atoms with van der Waals surface area (Å²) in [6.45, 7) is 6.09. The molecule has 1 atom stereocenters. The van der Waals surface area contributed by atoms with Gasteiger partial charge in [-0.15, -0.1) is 0 Å². The van der Waals surface area contributed by atoms with E-state index in [1.807, 2.05) is 0 Å². The third-order valence-electron chi connectivity index (χ3n) is 3.94. The lowest BCUT2D eigenvalue weighted by Crippen LogP contribution is -2.44. The highest BCUT2D eigenvalue weighted by Crippen LogP contribution is 2.10. The lowest BCUT2D eigenvalue weighted by atomic mass is 10.1. The fourth-order valence-corrected chi connectivity index (χ4v) is 2.44. The average molecular weight is 329 g/mol. The van der Waals surface area contributed by atoms with Gasteiger partial charge < -0.3 is 15.2 Å². The molecule has 0 bridgehead atoms. The van der Waals surface area contributed by atoms with Gasteiger partial charge in [-0.05, 0) is 12.3 Å². The minimum atomic E-state index is -1.03. The number of hydrogen-bond acceptors (Lipinski definition) is 3. The summed E-state index contributed by atoms with van der Waals surface area (Å²) in [6.07, 6.45) is 11.6. The number of alkyl carbamates (subject to hydrolysis) is 1. The second kappa shape index (κ2) is 14.3. The van der Waals surface area contributed by atoms with Crippen LogP contribution in [0.1, 0.15) is 85.0 Å². The van der Waals surface area contributed by atoms with Crippen LogP contribution in [0.4, 0.5) is 4.79 Å². The summed E-state index contributed by atoms with van der Waals surface area (Å²) < 4.78 is 5.03. The summed E-state index contributed by atoms with van der Waals surface area (Å²) in [6, 6.07) is -0.893. The topological polar surface area (TPSA) is 75.6 Å². The minimum Gasteiger partial charge on any atom is -0.480 e. The summed E-state index contributed by atoms with van der Waals surface area (Å²) in [7, 11) is 0. The van der Waals surface area contributed by atoms with Crippen LogP contribution in [-0.2, 0) is 9.53 Å². The molecule has 1 amide bonds. The molecule has 23 heavy (non-hydrogen) atoms. The molecule has 0 aliphatic heterocycles. The maximum atomic E-state index is 11.5. The van der Waals surface area contributed by atoms with E-state index in [9.17, 15) is 9.59 Å². The number of carbonyl (C=O) groups is 2. The predicted molar refractivity (Wildman–Crippen MR) is 92.6 cm³/mol. The lowest BCUT2D eigenvalue weighted by Gasteiger charge is -2.17. The van der Waals surface area contributed by atoms with Gasteiger partial charge in [-0.2, -0.15) is 0 Å². The highest BCUT2D eigenvalue weighted by molar-refractivity contribution is 5.80. The molecule has 0 aromatic heterocycles. The molecule has 0 saturated heterocycles. The number of nitrogens with one attached hydrogen (secondary N) is 1. The first kappa shape index (κ1) is 21.7. The number of carbonyl (C=O) groups excluding carboxylic acids is 1. The Morgan fingerprint density at radius 1 is 0.913 bits per heavy atom. The van der Waals surface area contributed by atoms with Crippen molar-refractivity contribution in [1.82, 2.24) is 5.32 Å². The van der Waals surface area contributed by atoms with Gasteiger partial charge in [0.05, 0.1) is 6.61 Å². The maximum absolute atomic E-state index is 11.5. The monoisotopic (exact) mass is 329 g/mol. The first-order chi connectivity index (χ1) is 11.0. The highest BCUT2D eigenvalue weighted by atomic mass is 16.5. The van der Waals surface area contributed by atoms with Gasteiger partial charge >= 0.3 is 12.1 Å². The van der Waals surface area contributed by atoms with Crippen LogP contribution in [0.3, 0.4) is 0 Å². The fourth-order valence-electron chi connectivity index (χ4n) is 2.44. The van der Waals surface area contributed by atoms with Crippen molar-refractivity contribution in [1.29, 1.82) is 0 Å². The second-order valence-electron chi connectivity index (χ2n) is 6.52. The van der Waals surface area contributed by atoms with E-state index in [0.29, 0.717) is 6.61 Å². The third-order valence-corrected chi connectivity index (χ3v) is 3.94. The summed E-state index contributed by atoms with van der Waals surface area (Å²) in [5.74, 6) is -1.20. The number of unbranched alkanes of at least 4 members (excludes halogenated alkanes) is 9. The molecule has 1 unspecified atom stereocenters. The van der Waals surface area contributed by atoms with Crippen molar-refractivity contribution >= 4 is 12.1 Å². The predicted octanol–water partition coefficient (Wildman–Crippen LogP) is 4.74. The van der Waals surface area contributed by atoms with Gasteiger partial charge in [-0.3, -0.25) is 0 Å². The Kier molecular flexibility index (Phi) is 13.6. The number of carboxylic acid groups (broad SMARTS) is 1. The Labute approximate surface area is 141 Å². The molecule has 0 rings (SSSR count). The molecule has 0 aliphatic rings. The van der Waals surface area contributed by atoms with Crippen LogP contribution >= 0.6 is 0 Å². The fraction of sp³-hybridized carbons (Fsp3) is 0.889. The Morgan fingerprint density at radius 3 is 1.83 bits per heavy atom. The first-order valence-electron chi connectivity index (χ1n) is 9.15. The zero-order valence-corrected chi connectivity index (χ0v) is 15.1. The lowest BCUT2D eigenvalue weighted by molar-refractivity contribution is -0.140. The van der Waals surface area contributed by atoms with Gasteiger partial charge in [0.25, 0.3) is 0 Å². The SMILES string of the molecule is CCCCCCCCCCCCOC(=O)NC(C(=O)O)C(C)C. The quantitative estimate of drug-likeness (QED) is 0.451. The van der Waals surface area contributed by atoms with Gasteiger partial charge in [0, 0.05) is 0 Å². The number of rotatable bonds is 14. The summed E-state index contributed by atoms with van der Waals surface area (Å²) >= 11 is 0. The molecule has 0 saturated carbocycles. The summed E-state index contributed by atoms with van der Waals surface area (Å²) in [5.41, 5.74) is 0. The third kappa shape index (κ3) is 12.9. The molecule has 5 heteroatoms. The molecule has 0 aromatic rings. The minimum absolute atomic E-state index is 0.169.